The average Bonchev–Trinajstić information content (AvgIpc) is 2.44. The number of rotatable bonds is 3. The highest BCUT2D eigenvalue weighted by Gasteiger charge is 2.36. The number of ether oxygens (including phenoxy) is 1. The Bertz CT molecular complexity index is 640. The molecule has 0 radical (unpaired) electrons. The first-order valence-corrected chi connectivity index (χ1v) is 7.03. The Kier molecular flexibility index (Phi) is 4.49. The van der Waals surface area contributed by atoms with Crippen molar-refractivity contribution in [3.63, 3.8) is 0 Å². The zero-order valence-electron chi connectivity index (χ0n) is 13.0. The van der Waals surface area contributed by atoms with Crippen LogP contribution in [0.25, 0.3) is 0 Å². The molecule has 0 aromatic heterocycles. The Hall–Kier alpha value is -2.37. The first-order valence-electron chi connectivity index (χ1n) is 7.03. The maximum absolute atomic E-state index is 14.1. The normalized spacial score (nSPS) is 18.5. The van der Waals surface area contributed by atoms with Gasteiger partial charge in [-0.05, 0) is 26.8 Å². The van der Waals surface area contributed by atoms with E-state index in [4.69, 9.17) is 4.74 Å². The highest BCUT2D eigenvalue weighted by atomic mass is 19.1. The van der Waals surface area contributed by atoms with Crippen molar-refractivity contribution in [1.82, 2.24) is 10.2 Å². The number of halogens is 1. The van der Waals surface area contributed by atoms with E-state index in [1.807, 2.05) is 0 Å². The molecule has 1 aliphatic heterocycles. The Morgan fingerprint density at radius 3 is 2.59 bits per heavy atom. The third kappa shape index (κ3) is 2.95. The Balaban J connectivity index is 2.53. The van der Waals surface area contributed by atoms with Crippen LogP contribution >= 0.6 is 0 Å². The van der Waals surface area contributed by atoms with Gasteiger partial charge in [-0.25, -0.2) is 14.0 Å². The minimum atomic E-state index is -0.865. The second-order valence-electron chi connectivity index (χ2n) is 5.42. The smallest absolute Gasteiger partial charge is 0.338 e. The maximum Gasteiger partial charge on any atom is 0.338 e. The number of amides is 2. The molecule has 1 aliphatic rings. The SMILES string of the molecule is CC1=C(C(=O)OC(C)C)[C@H](c2ccccc2F)NC(=O)N1C. The van der Waals surface area contributed by atoms with Crippen LogP contribution in [0.3, 0.4) is 0 Å². The van der Waals surface area contributed by atoms with Crippen molar-refractivity contribution in [2.75, 3.05) is 7.05 Å². The molecular weight excluding hydrogens is 287 g/mol. The van der Waals surface area contributed by atoms with Crippen LogP contribution in [0.15, 0.2) is 35.5 Å². The van der Waals surface area contributed by atoms with Gasteiger partial charge in [0.2, 0.25) is 0 Å². The highest BCUT2D eigenvalue weighted by Crippen LogP contribution is 2.32. The van der Waals surface area contributed by atoms with Crippen LogP contribution in [0.2, 0.25) is 0 Å². The lowest BCUT2D eigenvalue weighted by atomic mass is 9.94. The maximum atomic E-state index is 14.1. The number of nitrogens with one attached hydrogen (secondary N) is 1. The highest BCUT2D eigenvalue weighted by molar-refractivity contribution is 5.95. The number of carbonyl (C=O) groups is 2. The number of allylic oxidation sites excluding steroid dienone is 1. The Labute approximate surface area is 128 Å². The second kappa shape index (κ2) is 6.17. The summed E-state index contributed by atoms with van der Waals surface area (Å²) in [7, 11) is 1.55. The van der Waals surface area contributed by atoms with Gasteiger partial charge in [-0.1, -0.05) is 18.2 Å². The minimum absolute atomic E-state index is 0.235. The molecule has 1 aromatic rings. The predicted molar refractivity (Wildman–Crippen MR) is 79.4 cm³/mol. The summed E-state index contributed by atoms with van der Waals surface area (Å²) in [5, 5.41) is 2.65. The van der Waals surface area contributed by atoms with Crippen LogP contribution in [-0.2, 0) is 9.53 Å². The molecule has 22 heavy (non-hydrogen) atoms. The fourth-order valence-corrected chi connectivity index (χ4v) is 2.32. The molecule has 1 heterocycles. The lowest BCUT2D eigenvalue weighted by Gasteiger charge is -2.33. The van der Waals surface area contributed by atoms with E-state index in [9.17, 15) is 14.0 Å². The number of esters is 1. The molecule has 0 saturated heterocycles. The van der Waals surface area contributed by atoms with Crippen LogP contribution in [-0.4, -0.2) is 30.1 Å². The molecule has 2 amide bonds. The molecule has 0 spiro atoms. The van der Waals surface area contributed by atoms with E-state index in [1.54, 1.807) is 46.0 Å². The van der Waals surface area contributed by atoms with Gasteiger partial charge in [0.25, 0.3) is 0 Å². The van der Waals surface area contributed by atoms with E-state index < -0.39 is 23.9 Å². The summed E-state index contributed by atoms with van der Waals surface area (Å²) in [4.78, 5) is 25.7. The molecule has 0 unspecified atom stereocenters. The van der Waals surface area contributed by atoms with Crippen molar-refractivity contribution < 1.29 is 18.7 Å². The number of carbonyl (C=O) groups excluding carboxylic acids is 2. The zero-order chi connectivity index (χ0) is 16.4. The van der Waals surface area contributed by atoms with Gasteiger partial charge in [-0.15, -0.1) is 0 Å². The molecule has 118 valence electrons. The monoisotopic (exact) mass is 306 g/mol. The molecule has 5 nitrogen and oxygen atoms in total. The van der Waals surface area contributed by atoms with Crippen LogP contribution in [0, 0.1) is 5.82 Å². The lowest BCUT2D eigenvalue weighted by Crippen LogP contribution is -2.46. The van der Waals surface area contributed by atoms with E-state index in [2.05, 4.69) is 5.32 Å². The summed E-state index contributed by atoms with van der Waals surface area (Å²) in [6, 6.07) is 4.78. The minimum Gasteiger partial charge on any atom is -0.459 e. The van der Waals surface area contributed by atoms with Crippen molar-refractivity contribution >= 4 is 12.0 Å². The standard InChI is InChI=1S/C16H19FN2O3/c1-9(2)22-15(20)13-10(3)19(4)16(21)18-14(13)11-7-5-6-8-12(11)17/h5-9,14H,1-4H3,(H,18,21)/t14-/m0/s1. The van der Waals surface area contributed by atoms with Crippen LogP contribution < -0.4 is 5.32 Å². The fourth-order valence-electron chi connectivity index (χ4n) is 2.32. The van der Waals surface area contributed by atoms with E-state index in [-0.39, 0.29) is 17.2 Å². The van der Waals surface area contributed by atoms with Gasteiger partial charge in [-0.3, -0.25) is 0 Å². The number of nitrogens with zero attached hydrogens (tertiary/aromatic N) is 1. The molecule has 1 aromatic carbocycles. The third-order valence-corrected chi connectivity index (χ3v) is 3.53. The Morgan fingerprint density at radius 2 is 2.00 bits per heavy atom. The van der Waals surface area contributed by atoms with Gasteiger partial charge in [0.15, 0.2) is 0 Å². The van der Waals surface area contributed by atoms with Gasteiger partial charge in [0.05, 0.1) is 17.7 Å². The topological polar surface area (TPSA) is 58.6 Å². The predicted octanol–water partition coefficient (Wildman–Crippen LogP) is 2.75. The van der Waals surface area contributed by atoms with Gasteiger partial charge in [0.1, 0.15) is 5.82 Å². The molecule has 1 atom stereocenters. The summed E-state index contributed by atoms with van der Waals surface area (Å²) < 4.78 is 19.3. The zero-order valence-corrected chi connectivity index (χ0v) is 13.0. The van der Waals surface area contributed by atoms with Crippen molar-refractivity contribution in [2.24, 2.45) is 0 Å². The molecule has 2 rings (SSSR count). The van der Waals surface area contributed by atoms with Crippen molar-refractivity contribution in [1.29, 1.82) is 0 Å². The van der Waals surface area contributed by atoms with Crippen molar-refractivity contribution in [3.05, 3.63) is 46.9 Å². The lowest BCUT2D eigenvalue weighted by molar-refractivity contribution is -0.143. The second-order valence-corrected chi connectivity index (χ2v) is 5.42. The molecule has 0 bridgehead atoms. The number of hydrogen-bond acceptors (Lipinski definition) is 3. The summed E-state index contributed by atoms with van der Waals surface area (Å²) in [6.45, 7) is 5.11. The van der Waals surface area contributed by atoms with Crippen LogP contribution in [0.4, 0.5) is 9.18 Å². The van der Waals surface area contributed by atoms with Gasteiger partial charge < -0.3 is 15.0 Å². The fraction of sp³-hybridized carbons (Fsp3) is 0.375. The first-order chi connectivity index (χ1) is 10.3. The summed E-state index contributed by atoms with van der Waals surface area (Å²) in [5.41, 5.74) is 0.919. The molecule has 0 saturated carbocycles. The molecule has 6 heteroatoms. The summed E-state index contributed by atoms with van der Waals surface area (Å²) >= 11 is 0. The van der Waals surface area contributed by atoms with E-state index in [0.717, 1.165) is 0 Å². The third-order valence-electron chi connectivity index (χ3n) is 3.53. The first kappa shape index (κ1) is 16.0. The van der Waals surface area contributed by atoms with Gasteiger partial charge in [0, 0.05) is 18.3 Å². The summed E-state index contributed by atoms with van der Waals surface area (Å²) in [6.07, 6.45) is -0.308. The van der Waals surface area contributed by atoms with Crippen LogP contribution in [0.5, 0.6) is 0 Å². The largest absolute Gasteiger partial charge is 0.459 e. The van der Waals surface area contributed by atoms with E-state index in [1.165, 1.54) is 11.0 Å². The molecular formula is C16H19FN2O3. The van der Waals surface area contributed by atoms with Crippen molar-refractivity contribution in [2.45, 2.75) is 32.9 Å². The van der Waals surface area contributed by atoms with Gasteiger partial charge in [-0.2, -0.15) is 0 Å². The number of benzene rings is 1. The molecule has 0 aliphatic carbocycles. The average molecular weight is 306 g/mol. The molecule has 1 N–H and O–H groups in total. The number of hydrogen-bond donors (Lipinski definition) is 1. The van der Waals surface area contributed by atoms with Gasteiger partial charge >= 0.3 is 12.0 Å². The molecule has 0 fully saturated rings. The van der Waals surface area contributed by atoms with E-state index in [0.29, 0.717) is 5.70 Å². The Morgan fingerprint density at radius 1 is 1.36 bits per heavy atom. The summed E-state index contributed by atoms with van der Waals surface area (Å²) in [5.74, 6) is -1.05. The van der Waals surface area contributed by atoms with Crippen LogP contribution in [0.1, 0.15) is 32.4 Å². The number of urea groups is 1. The quantitative estimate of drug-likeness (QED) is 0.874. The van der Waals surface area contributed by atoms with Crippen molar-refractivity contribution in [3.8, 4) is 0 Å². The van der Waals surface area contributed by atoms with E-state index >= 15 is 0 Å².